The van der Waals surface area contributed by atoms with Gasteiger partial charge in [0.15, 0.2) is 5.82 Å². The van der Waals surface area contributed by atoms with Gasteiger partial charge in [0.05, 0.1) is 11.9 Å². The van der Waals surface area contributed by atoms with Crippen molar-refractivity contribution in [1.82, 2.24) is 14.7 Å². The fraction of sp³-hybridized carbons (Fsp3) is 0.429. The predicted molar refractivity (Wildman–Crippen MR) is 50.3 cm³/mol. The molecule has 0 aliphatic heterocycles. The number of hydrogen-bond donors (Lipinski definition) is 2. The number of urea groups is 1. The molecule has 0 unspecified atom stereocenters. The number of hydrogen-bond acceptors (Lipinski definition) is 3. The minimum Gasteiger partial charge on any atom is -0.394 e. The van der Waals surface area contributed by atoms with Gasteiger partial charge in [0.1, 0.15) is 0 Å². The third-order valence-electron chi connectivity index (χ3n) is 1.60. The summed E-state index contributed by atoms with van der Waals surface area (Å²) >= 11 is 0. The van der Waals surface area contributed by atoms with Crippen molar-refractivity contribution >= 4 is 17.5 Å². The fourth-order valence-electron chi connectivity index (χ4n) is 0.821. The molecule has 0 spiro atoms. The zero-order chi connectivity index (χ0) is 10.0. The van der Waals surface area contributed by atoms with E-state index in [0.29, 0.717) is 11.5 Å². The monoisotopic (exact) mass is 183 g/mol. The van der Waals surface area contributed by atoms with Crippen LogP contribution in [0.25, 0.3) is 0 Å². The second-order valence-corrected chi connectivity index (χ2v) is 2.90. The number of nitrogens with two attached hydrogens (primary N) is 1. The lowest BCUT2D eigenvalue weighted by Crippen LogP contribution is -2.28. The zero-order valence-electron chi connectivity index (χ0n) is 7.90. The number of nitrogens with one attached hydrogen (secondary N) is 1. The highest BCUT2D eigenvalue weighted by Gasteiger charge is 2.09. The van der Waals surface area contributed by atoms with E-state index in [1.54, 1.807) is 21.1 Å². The van der Waals surface area contributed by atoms with E-state index in [4.69, 9.17) is 5.73 Å². The Morgan fingerprint density at radius 3 is 2.69 bits per heavy atom. The molecule has 1 rings (SSSR count). The molecule has 0 saturated heterocycles. The van der Waals surface area contributed by atoms with Crippen molar-refractivity contribution in [1.29, 1.82) is 0 Å². The third-order valence-corrected chi connectivity index (χ3v) is 1.60. The lowest BCUT2D eigenvalue weighted by atomic mass is 10.5. The molecule has 6 heteroatoms. The maximum Gasteiger partial charge on any atom is 0.322 e. The average Bonchev–Trinajstić information content (AvgIpc) is 2.35. The Balaban J connectivity index is 2.79. The molecular weight excluding hydrogens is 170 g/mol. The van der Waals surface area contributed by atoms with E-state index in [9.17, 15) is 4.79 Å². The van der Waals surface area contributed by atoms with Gasteiger partial charge in [-0.25, -0.2) is 4.79 Å². The summed E-state index contributed by atoms with van der Waals surface area (Å²) in [7, 11) is 5.02. The molecule has 0 aromatic carbocycles. The maximum atomic E-state index is 11.2. The molecule has 1 heterocycles. The number of aryl methyl sites for hydroxylation is 1. The molecule has 1 aromatic heterocycles. The van der Waals surface area contributed by atoms with Crippen LogP contribution < -0.4 is 11.1 Å². The van der Waals surface area contributed by atoms with Crippen LogP contribution in [0.5, 0.6) is 0 Å². The third kappa shape index (κ3) is 1.90. The topological polar surface area (TPSA) is 76.2 Å². The first kappa shape index (κ1) is 9.37. The predicted octanol–water partition coefficient (Wildman–Crippen LogP) is 0.0958. The van der Waals surface area contributed by atoms with Crippen LogP contribution in [0, 0.1) is 0 Å². The highest BCUT2D eigenvalue weighted by Crippen LogP contribution is 2.15. The Hall–Kier alpha value is -1.72. The Labute approximate surface area is 76.3 Å². The normalized spacial score (nSPS) is 9.77. The summed E-state index contributed by atoms with van der Waals surface area (Å²) < 4.78 is 1.51. The number of aromatic nitrogens is 2. The van der Waals surface area contributed by atoms with E-state index in [1.165, 1.54) is 15.8 Å². The summed E-state index contributed by atoms with van der Waals surface area (Å²) in [6.07, 6.45) is 1.49. The number of carbonyl (C=O) groups excluding carboxylic acids is 1. The Morgan fingerprint density at radius 1 is 1.69 bits per heavy atom. The number of nitrogens with zero attached hydrogens (tertiary/aromatic N) is 3. The van der Waals surface area contributed by atoms with Crippen molar-refractivity contribution < 1.29 is 4.79 Å². The molecule has 13 heavy (non-hydrogen) atoms. The summed E-state index contributed by atoms with van der Waals surface area (Å²) in [5.41, 5.74) is 6.03. The van der Waals surface area contributed by atoms with E-state index in [0.717, 1.165) is 0 Å². The summed E-state index contributed by atoms with van der Waals surface area (Å²) in [4.78, 5) is 12.7. The molecule has 0 aliphatic carbocycles. The van der Waals surface area contributed by atoms with Gasteiger partial charge in [0.25, 0.3) is 0 Å². The summed E-state index contributed by atoms with van der Waals surface area (Å²) in [5.74, 6) is 0.513. The molecule has 0 aliphatic rings. The summed E-state index contributed by atoms with van der Waals surface area (Å²) in [6.45, 7) is 0. The first-order valence-corrected chi connectivity index (χ1v) is 3.78. The summed E-state index contributed by atoms with van der Waals surface area (Å²) in [6, 6.07) is -0.227. The van der Waals surface area contributed by atoms with E-state index in [2.05, 4.69) is 10.4 Å². The van der Waals surface area contributed by atoms with Crippen LogP contribution in [0.2, 0.25) is 0 Å². The van der Waals surface area contributed by atoms with Gasteiger partial charge in [-0.2, -0.15) is 5.10 Å². The molecule has 72 valence electrons. The van der Waals surface area contributed by atoms with Crippen LogP contribution in [0.3, 0.4) is 0 Å². The van der Waals surface area contributed by atoms with Gasteiger partial charge in [-0.15, -0.1) is 0 Å². The molecule has 2 amide bonds. The summed E-state index contributed by atoms with van der Waals surface area (Å²) in [5, 5.41) is 6.51. The van der Waals surface area contributed by atoms with E-state index < -0.39 is 0 Å². The second-order valence-electron chi connectivity index (χ2n) is 2.90. The van der Waals surface area contributed by atoms with Crippen molar-refractivity contribution in [2.45, 2.75) is 0 Å². The minimum atomic E-state index is -0.227. The van der Waals surface area contributed by atoms with Gasteiger partial charge in [-0.05, 0) is 0 Å². The van der Waals surface area contributed by atoms with Crippen molar-refractivity contribution in [3.63, 3.8) is 0 Å². The number of rotatable bonds is 1. The Morgan fingerprint density at radius 2 is 2.31 bits per heavy atom. The van der Waals surface area contributed by atoms with Crippen LogP contribution >= 0.6 is 0 Å². The Kier molecular flexibility index (Phi) is 2.41. The van der Waals surface area contributed by atoms with Gasteiger partial charge in [0.2, 0.25) is 0 Å². The van der Waals surface area contributed by atoms with E-state index in [-0.39, 0.29) is 6.03 Å². The maximum absolute atomic E-state index is 11.2. The Bertz CT molecular complexity index is 297. The number of nitrogen functional groups attached to an aromatic ring is 1. The van der Waals surface area contributed by atoms with Crippen molar-refractivity contribution in [3.8, 4) is 0 Å². The van der Waals surface area contributed by atoms with Crippen LogP contribution in [0.1, 0.15) is 0 Å². The first-order valence-electron chi connectivity index (χ1n) is 3.78. The van der Waals surface area contributed by atoms with Crippen molar-refractivity contribution in [2.24, 2.45) is 7.05 Å². The molecule has 6 nitrogen and oxygen atoms in total. The van der Waals surface area contributed by atoms with Gasteiger partial charge >= 0.3 is 6.03 Å². The smallest absolute Gasteiger partial charge is 0.322 e. The number of carbonyl (C=O) groups is 1. The minimum absolute atomic E-state index is 0.227. The zero-order valence-corrected chi connectivity index (χ0v) is 7.90. The van der Waals surface area contributed by atoms with Crippen molar-refractivity contribution in [2.75, 3.05) is 25.1 Å². The van der Waals surface area contributed by atoms with Crippen LogP contribution in [-0.2, 0) is 7.05 Å². The van der Waals surface area contributed by atoms with Gasteiger partial charge in [-0.1, -0.05) is 0 Å². The highest BCUT2D eigenvalue weighted by atomic mass is 16.2. The van der Waals surface area contributed by atoms with Crippen molar-refractivity contribution in [3.05, 3.63) is 6.20 Å². The van der Waals surface area contributed by atoms with Crippen LogP contribution in [0.15, 0.2) is 6.20 Å². The molecular formula is C7H13N5O. The SMILES string of the molecule is CN(C)C(=O)Nc1c(N)cnn1C. The van der Waals surface area contributed by atoms with Gasteiger partial charge in [0, 0.05) is 21.1 Å². The van der Waals surface area contributed by atoms with Crippen LogP contribution in [-0.4, -0.2) is 34.8 Å². The lowest BCUT2D eigenvalue weighted by molar-refractivity contribution is 0.230. The number of anilines is 2. The molecule has 0 atom stereocenters. The molecule has 1 aromatic rings. The molecule has 0 radical (unpaired) electrons. The standard InChI is InChI=1S/C7H13N5O/c1-11(2)7(13)10-6-5(8)4-9-12(6)3/h4H,8H2,1-3H3,(H,10,13). The fourth-order valence-corrected chi connectivity index (χ4v) is 0.821. The molecule has 3 N–H and O–H groups in total. The van der Waals surface area contributed by atoms with Crippen LogP contribution in [0.4, 0.5) is 16.3 Å². The second kappa shape index (κ2) is 3.34. The quantitative estimate of drug-likeness (QED) is 0.648. The van der Waals surface area contributed by atoms with Gasteiger partial charge in [-0.3, -0.25) is 10.00 Å². The largest absolute Gasteiger partial charge is 0.394 e. The lowest BCUT2D eigenvalue weighted by Gasteiger charge is -2.12. The molecule has 0 bridgehead atoms. The molecule has 0 saturated carbocycles. The van der Waals surface area contributed by atoms with E-state index in [1.807, 2.05) is 0 Å². The molecule has 0 fully saturated rings. The van der Waals surface area contributed by atoms with Gasteiger partial charge < -0.3 is 10.6 Å². The average molecular weight is 183 g/mol. The highest BCUT2D eigenvalue weighted by molar-refractivity contribution is 5.90. The number of amides is 2. The first-order chi connectivity index (χ1) is 6.02. The van der Waals surface area contributed by atoms with E-state index >= 15 is 0 Å².